The molecular formula is C23H29N3O7S. The van der Waals surface area contributed by atoms with Crippen LogP contribution in [-0.2, 0) is 24.3 Å². The fourth-order valence-corrected chi connectivity index (χ4v) is 4.44. The molecule has 2 rings (SSSR count). The van der Waals surface area contributed by atoms with E-state index in [2.05, 4.69) is 10.6 Å². The van der Waals surface area contributed by atoms with Gasteiger partial charge in [-0.05, 0) is 43.3 Å². The van der Waals surface area contributed by atoms with Crippen LogP contribution in [-0.4, -0.2) is 63.4 Å². The Morgan fingerprint density at radius 1 is 0.941 bits per heavy atom. The van der Waals surface area contributed by atoms with Crippen LogP contribution in [0.3, 0.4) is 0 Å². The lowest BCUT2D eigenvalue weighted by Gasteiger charge is -2.18. The Balaban J connectivity index is 1.84. The van der Waals surface area contributed by atoms with E-state index in [0.29, 0.717) is 31.1 Å². The van der Waals surface area contributed by atoms with Gasteiger partial charge in [0.1, 0.15) is 12.3 Å². The van der Waals surface area contributed by atoms with Crippen molar-refractivity contribution in [3.05, 3.63) is 54.1 Å². The molecule has 0 heterocycles. The quantitative estimate of drug-likeness (QED) is 0.434. The summed E-state index contributed by atoms with van der Waals surface area (Å²) in [6.45, 7) is 5.40. The van der Waals surface area contributed by atoms with Crippen LogP contribution in [0, 0.1) is 0 Å². The second-order valence-electron chi connectivity index (χ2n) is 6.93. The maximum absolute atomic E-state index is 12.5. The molecule has 0 aliphatic heterocycles. The van der Waals surface area contributed by atoms with E-state index < -0.39 is 41.0 Å². The summed E-state index contributed by atoms with van der Waals surface area (Å²) in [7, 11) is -3.63. The van der Waals surface area contributed by atoms with Crippen LogP contribution in [0.1, 0.15) is 31.1 Å². The Hall–Kier alpha value is -3.44. The third-order valence-corrected chi connectivity index (χ3v) is 6.74. The summed E-state index contributed by atoms with van der Waals surface area (Å²) in [5, 5.41) is 4.97. The Morgan fingerprint density at radius 3 is 2.21 bits per heavy atom. The highest BCUT2D eigenvalue weighted by Gasteiger charge is 2.21. The standard InChI is InChI=1S/C23H29N3O7S/c1-4-26(5-2)34(30,31)18-13-11-17(12-14-18)23(29)24-15-22(28)33-16-21(27)25-19-9-7-8-10-20(19)32-6-3/h7-14H,4-6,15-16H2,1-3H3,(H,24,29)(H,25,27). The molecule has 184 valence electrons. The number of para-hydroxylation sites is 2. The largest absolute Gasteiger partial charge is 0.492 e. The maximum Gasteiger partial charge on any atom is 0.325 e. The Morgan fingerprint density at radius 2 is 1.59 bits per heavy atom. The molecule has 0 unspecified atom stereocenters. The number of benzene rings is 2. The van der Waals surface area contributed by atoms with Crippen LogP contribution < -0.4 is 15.4 Å². The van der Waals surface area contributed by atoms with Crippen LogP contribution in [0.15, 0.2) is 53.4 Å². The average Bonchev–Trinajstić information content (AvgIpc) is 2.83. The summed E-state index contributed by atoms with van der Waals surface area (Å²) in [6, 6.07) is 12.2. The number of nitrogens with one attached hydrogen (secondary N) is 2. The van der Waals surface area contributed by atoms with Gasteiger partial charge in [0.05, 0.1) is 17.2 Å². The first-order valence-electron chi connectivity index (χ1n) is 10.8. The molecule has 11 heteroatoms. The van der Waals surface area contributed by atoms with E-state index in [1.54, 1.807) is 38.1 Å². The van der Waals surface area contributed by atoms with Crippen molar-refractivity contribution < 1.29 is 32.3 Å². The Bertz CT molecular complexity index is 1100. The molecule has 0 radical (unpaired) electrons. The van der Waals surface area contributed by atoms with E-state index in [1.807, 2.05) is 6.92 Å². The molecule has 0 aliphatic carbocycles. The van der Waals surface area contributed by atoms with E-state index >= 15 is 0 Å². The molecule has 0 bridgehead atoms. The number of ether oxygens (including phenoxy) is 2. The molecule has 2 aromatic carbocycles. The molecule has 2 aromatic rings. The number of anilines is 1. The van der Waals surface area contributed by atoms with Gasteiger partial charge in [0.25, 0.3) is 11.8 Å². The summed E-state index contributed by atoms with van der Waals surface area (Å²) in [6.07, 6.45) is 0. The molecule has 0 saturated carbocycles. The topological polar surface area (TPSA) is 131 Å². The normalized spacial score (nSPS) is 11.1. The molecule has 0 atom stereocenters. The van der Waals surface area contributed by atoms with Gasteiger partial charge >= 0.3 is 5.97 Å². The number of carbonyl (C=O) groups is 3. The lowest BCUT2D eigenvalue weighted by atomic mass is 10.2. The second kappa shape index (κ2) is 12.7. The van der Waals surface area contributed by atoms with Crippen LogP contribution in [0.2, 0.25) is 0 Å². The third kappa shape index (κ3) is 7.29. The van der Waals surface area contributed by atoms with Crippen molar-refractivity contribution in [2.45, 2.75) is 25.7 Å². The molecule has 34 heavy (non-hydrogen) atoms. The number of hydrogen-bond acceptors (Lipinski definition) is 7. The molecule has 0 aromatic heterocycles. The second-order valence-corrected chi connectivity index (χ2v) is 8.87. The maximum atomic E-state index is 12.5. The number of esters is 1. The molecule has 0 aliphatic rings. The van der Waals surface area contributed by atoms with E-state index in [-0.39, 0.29) is 10.5 Å². The fraction of sp³-hybridized carbons (Fsp3) is 0.348. The van der Waals surface area contributed by atoms with Crippen LogP contribution in [0.4, 0.5) is 5.69 Å². The van der Waals surface area contributed by atoms with Crippen LogP contribution in [0.25, 0.3) is 0 Å². The minimum Gasteiger partial charge on any atom is -0.492 e. The van der Waals surface area contributed by atoms with Crippen molar-refractivity contribution in [3.63, 3.8) is 0 Å². The van der Waals surface area contributed by atoms with Gasteiger partial charge in [-0.1, -0.05) is 26.0 Å². The SMILES string of the molecule is CCOc1ccccc1NC(=O)COC(=O)CNC(=O)c1ccc(S(=O)(=O)N(CC)CC)cc1. The highest BCUT2D eigenvalue weighted by molar-refractivity contribution is 7.89. The summed E-state index contributed by atoms with van der Waals surface area (Å²) in [4.78, 5) is 36.3. The van der Waals surface area contributed by atoms with Crippen molar-refractivity contribution in [1.29, 1.82) is 0 Å². The molecule has 2 amide bonds. The lowest BCUT2D eigenvalue weighted by molar-refractivity contribution is -0.146. The first-order valence-corrected chi connectivity index (χ1v) is 12.2. The minimum atomic E-state index is -3.63. The van der Waals surface area contributed by atoms with E-state index in [4.69, 9.17) is 9.47 Å². The number of nitrogens with zero attached hydrogens (tertiary/aromatic N) is 1. The predicted molar refractivity (Wildman–Crippen MR) is 126 cm³/mol. The number of amides is 2. The molecular weight excluding hydrogens is 462 g/mol. The lowest BCUT2D eigenvalue weighted by Crippen LogP contribution is -2.32. The van der Waals surface area contributed by atoms with E-state index in [9.17, 15) is 22.8 Å². The number of hydrogen-bond donors (Lipinski definition) is 2. The minimum absolute atomic E-state index is 0.0732. The van der Waals surface area contributed by atoms with Crippen LogP contribution >= 0.6 is 0 Å². The molecule has 0 saturated heterocycles. The van der Waals surface area contributed by atoms with Crippen molar-refractivity contribution in [2.75, 3.05) is 38.2 Å². The Kier molecular flexibility index (Phi) is 10.0. The van der Waals surface area contributed by atoms with Gasteiger partial charge < -0.3 is 20.1 Å². The first kappa shape index (κ1) is 26.8. The highest BCUT2D eigenvalue weighted by atomic mass is 32.2. The van der Waals surface area contributed by atoms with Crippen molar-refractivity contribution in [3.8, 4) is 5.75 Å². The third-order valence-electron chi connectivity index (χ3n) is 4.68. The smallest absolute Gasteiger partial charge is 0.325 e. The monoisotopic (exact) mass is 491 g/mol. The van der Waals surface area contributed by atoms with Gasteiger partial charge in [-0.15, -0.1) is 0 Å². The van der Waals surface area contributed by atoms with Gasteiger partial charge in [-0.3, -0.25) is 14.4 Å². The van der Waals surface area contributed by atoms with E-state index in [0.717, 1.165) is 0 Å². The van der Waals surface area contributed by atoms with Gasteiger partial charge in [-0.25, -0.2) is 8.42 Å². The summed E-state index contributed by atoms with van der Waals surface area (Å²) < 4.78 is 36.6. The van der Waals surface area contributed by atoms with Gasteiger partial charge in [-0.2, -0.15) is 4.31 Å². The average molecular weight is 492 g/mol. The summed E-state index contributed by atoms with van der Waals surface area (Å²) in [5.74, 6) is -1.45. The number of rotatable bonds is 12. The molecule has 0 fully saturated rings. The zero-order chi connectivity index (χ0) is 25.1. The first-order chi connectivity index (χ1) is 16.2. The number of carbonyl (C=O) groups excluding carboxylic acids is 3. The highest BCUT2D eigenvalue weighted by Crippen LogP contribution is 2.23. The zero-order valence-corrected chi connectivity index (χ0v) is 20.2. The van der Waals surface area contributed by atoms with Crippen molar-refractivity contribution in [2.24, 2.45) is 0 Å². The molecule has 10 nitrogen and oxygen atoms in total. The van der Waals surface area contributed by atoms with Crippen LogP contribution in [0.5, 0.6) is 5.75 Å². The molecule has 0 spiro atoms. The predicted octanol–water partition coefficient (Wildman–Crippen LogP) is 2.03. The van der Waals surface area contributed by atoms with Gasteiger partial charge in [0, 0.05) is 18.7 Å². The Labute approximate surface area is 199 Å². The van der Waals surface area contributed by atoms with Gasteiger partial charge in [0.2, 0.25) is 10.0 Å². The number of sulfonamides is 1. The zero-order valence-electron chi connectivity index (χ0n) is 19.4. The molecule has 2 N–H and O–H groups in total. The fourth-order valence-electron chi connectivity index (χ4n) is 2.98. The van der Waals surface area contributed by atoms with Crippen molar-refractivity contribution >= 4 is 33.5 Å². The van der Waals surface area contributed by atoms with Crippen molar-refractivity contribution in [1.82, 2.24) is 9.62 Å². The summed E-state index contributed by atoms with van der Waals surface area (Å²) >= 11 is 0. The summed E-state index contributed by atoms with van der Waals surface area (Å²) in [5.41, 5.74) is 0.627. The van der Waals surface area contributed by atoms with Gasteiger partial charge in [0.15, 0.2) is 6.61 Å². The van der Waals surface area contributed by atoms with E-state index in [1.165, 1.54) is 28.6 Å².